The van der Waals surface area contributed by atoms with E-state index in [9.17, 15) is 9.59 Å². The number of amides is 1. The first-order valence-corrected chi connectivity index (χ1v) is 7.48. The first kappa shape index (κ1) is 18.0. The average Bonchev–Trinajstić information content (AvgIpc) is 2.53. The number of carbonyl (C=O) groups excluding carboxylic acids is 2. The fourth-order valence-corrected chi connectivity index (χ4v) is 2.05. The third-order valence-corrected chi connectivity index (χ3v) is 3.41. The summed E-state index contributed by atoms with van der Waals surface area (Å²) in [4.78, 5) is 25.8. The Hall–Kier alpha value is -2.04. The van der Waals surface area contributed by atoms with Crippen LogP contribution in [-0.4, -0.2) is 44.1 Å². The summed E-state index contributed by atoms with van der Waals surface area (Å²) in [7, 11) is 2.89. The second kappa shape index (κ2) is 9.07. The third kappa shape index (κ3) is 5.39. The number of hydrogen-bond acceptors (Lipinski definition) is 4. The molecule has 0 bridgehead atoms. The first-order chi connectivity index (χ1) is 10.5. The van der Waals surface area contributed by atoms with E-state index >= 15 is 0 Å². The van der Waals surface area contributed by atoms with Crippen LogP contribution in [0.2, 0.25) is 0 Å². The largest absolute Gasteiger partial charge is 0.496 e. The van der Waals surface area contributed by atoms with E-state index in [0.717, 1.165) is 6.42 Å². The maximum Gasteiger partial charge on any atom is 0.307 e. The second-order valence-electron chi connectivity index (χ2n) is 5.50. The molecule has 0 aliphatic carbocycles. The molecule has 5 nitrogen and oxygen atoms in total. The molecule has 0 N–H and O–H groups in total. The van der Waals surface area contributed by atoms with Gasteiger partial charge in [0.1, 0.15) is 5.75 Å². The van der Waals surface area contributed by atoms with Gasteiger partial charge in [-0.1, -0.05) is 26.0 Å². The number of rotatable bonds is 8. The summed E-state index contributed by atoms with van der Waals surface area (Å²) in [6, 6.07) is 7.12. The quantitative estimate of drug-likeness (QED) is 0.693. The van der Waals surface area contributed by atoms with Crippen LogP contribution in [-0.2, 0) is 9.53 Å². The highest BCUT2D eigenvalue weighted by Crippen LogP contribution is 2.20. The van der Waals surface area contributed by atoms with Gasteiger partial charge in [-0.25, -0.2) is 0 Å². The smallest absolute Gasteiger partial charge is 0.307 e. The zero-order chi connectivity index (χ0) is 16.5. The Morgan fingerprint density at radius 2 is 1.82 bits per heavy atom. The van der Waals surface area contributed by atoms with Crippen molar-refractivity contribution in [2.75, 3.05) is 27.3 Å². The zero-order valence-electron chi connectivity index (χ0n) is 13.8. The Morgan fingerprint density at radius 3 is 2.41 bits per heavy atom. The van der Waals surface area contributed by atoms with Crippen LogP contribution in [0.4, 0.5) is 0 Å². The summed E-state index contributed by atoms with van der Waals surface area (Å²) in [6.07, 6.45) is 1.07. The van der Waals surface area contributed by atoms with Crippen LogP contribution in [0.1, 0.15) is 37.0 Å². The van der Waals surface area contributed by atoms with Gasteiger partial charge in [0.05, 0.1) is 26.2 Å². The van der Waals surface area contributed by atoms with Crippen molar-refractivity contribution in [3.05, 3.63) is 29.8 Å². The number of hydrogen-bond donors (Lipinski definition) is 0. The van der Waals surface area contributed by atoms with Crippen LogP contribution in [0.25, 0.3) is 0 Å². The van der Waals surface area contributed by atoms with Crippen molar-refractivity contribution >= 4 is 11.9 Å². The van der Waals surface area contributed by atoms with Gasteiger partial charge in [-0.3, -0.25) is 9.59 Å². The van der Waals surface area contributed by atoms with E-state index in [2.05, 4.69) is 18.6 Å². The molecule has 0 aromatic heterocycles. The van der Waals surface area contributed by atoms with Crippen molar-refractivity contribution in [1.29, 1.82) is 0 Å². The predicted octanol–water partition coefficient (Wildman–Crippen LogP) is 2.75. The molecule has 5 heteroatoms. The van der Waals surface area contributed by atoms with E-state index in [1.165, 1.54) is 7.11 Å². The molecule has 22 heavy (non-hydrogen) atoms. The second-order valence-corrected chi connectivity index (χ2v) is 5.50. The molecule has 0 heterocycles. The van der Waals surface area contributed by atoms with Gasteiger partial charge in [-0.05, 0) is 24.5 Å². The van der Waals surface area contributed by atoms with Gasteiger partial charge >= 0.3 is 5.97 Å². The lowest BCUT2D eigenvalue weighted by atomic mass is 10.1. The van der Waals surface area contributed by atoms with Crippen molar-refractivity contribution < 1.29 is 19.1 Å². The van der Waals surface area contributed by atoms with E-state index in [0.29, 0.717) is 30.3 Å². The summed E-state index contributed by atoms with van der Waals surface area (Å²) in [6.45, 7) is 5.15. The van der Waals surface area contributed by atoms with Crippen molar-refractivity contribution in [2.24, 2.45) is 5.92 Å². The summed E-state index contributed by atoms with van der Waals surface area (Å²) in [5, 5.41) is 0. The zero-order valence-corrected chi connectivity index (χ0v) is 13.8. The van der Waals surface area contributed by atoms with E-state index in [1.807, 2.05) is 6.07 Å². The van der Waals surface area contributed by atoms with Gasteiger partial charge in [0.2, 0.25) is 0 Å². The van der Waals surface area contributed by atoms with Gasteiger partial charge in [-0.2, -0.15) is 0 Å². The molecule has 0 radical (unpaired) electrons. The molecule has 0 unspecified atom stereocenters. The van der Waals surface area contributed by atoms with Crippen LogP contribution in [0.3, 0.4) is 0 Å². The molecule has 1 aromatic rings. The number of para-hydroxylation sites is 1. The molecule has 0 saturated carbocycles. The molecular formula is C17H25NO4. The Morgan fingerprint density at radius 1 is 1.14 bits per heavy atom. The van der Waals surface area contributed by atoms with Crippen molar-refractivity contribution in [2.45, 2.75) is 26.7 Å². The summed E-state index contributed by atoms with van der Waals surface area (Å²) in [5.74, 6) is 0.579. The van der Waals surface area contributed by atoms with Crippen LogP contribution in [0, 0.1) is 5.92 Å². The molecule has 0 aliphatic rings. The molecule has 0 aliphatic heterocycles. The predicted molar refractivity (Wildman–Crippen MR) is 85.0 cm³/mol. The maximum atomic E-state index is 12.7. The number of benzene rings is 1. The summed E-state index contributed by atoms with van der Waals surface area (Å²) >= 11 is 0. The molecule has 122 valence electrons. The van der Waals surface area contributed by atoms with Gasteiger partial charge in [0.15, 0.2) is 0 Å². The van der Waals surface area contributed by atoms with E-state index < -0.39 is 0 Å². The Kier molecular flexibility index (Phi) is 7.43. The number of nitrogens with zero attached hydrogens (tertiary/aromatic N) is 1. The lowest BCUT2D eigenvalue weighted by molar-refractivity contribution is -0.140. The van der Waals surface area contributed by atoms with Crippen molar-refractivity contribution in [3.8, 4) is 5.75 Å². The van der Waals surface area contributed by atoms with E-state index in [1.54, 1.807) is 30.2 Å². The van der Waals surface area contributed by atoms with E-state index in [-0.39, 0.29) is 18.3 Å². The van der Waals surface area contributed by atoms with Gasteiger partial charge in [0, 0.05) is 13.1 Å². The molecule has 0 spiro atoms. The van der Waals surface area contributed by atoms with Gasteiger partial charge < -0.3 is 14.4 Å². The molecule has 0 atom stereocenters. The average molecular weight is 307 g/mol. The SMILES string of the molecule is COC(=O)CCN(CCC(C)C)C(=O)c1ccccc1OC. The van der Waals surface area contributed by atoms with Crippen LogP contribution >= 0.6 is 0 Å². The normalized spacial score (nSPS) is 10.4. The molecule has 0 fully saturated rings. The molecule has 1 rings (SSSR count). The van der Waals surface area contributed by atoms with Crippen molar-refractivity contribution in [1.82, 2.24) is 4.90 Å². The molecule has 1 amide bonds. The lowest BCUT2D eigenvalue weighted by Crippen LogP contribution is -2.34. The number of ether oxygens (including phenoxy) is 2. The lowest BCUT2D eigenvalue weighted by Gasteiger charge is -2.24. The Labute approximate surface area is 132 Å². The minimum Gasteiger partial charge on any atom is -0.496 e. The van der Waals surface area contributed by atoms with Gasteiger partial charge in [0.25, 0.3) is 5.91 Å². The standard InChI is InChI=1S/C17H25NO4/c1-13(2)9-11-18(12-10-16(19)22-4)17(20)14-7-5-6-8-15(14)21-3/h5-8,13H,9-12H2,1-4H3. The van der Waals surface area contributed by atoms with Crippen LogP contribution in [0.5, 0.6) is 5.75 Å². The Balaban J connectivity index is 2.87. The van der Waals surface area contributed by atoms with Gasteiger partial charge in [-0.15, -0.1) is 0 Å². The minimum atomic E-state index is -0.317. The highest BCUT2D eigenvalue weighted by molar-refractivity contribution is 5.97. The topological polar surface area (TPSA) is 55.8 Å². The number of esters is 1. The monoisotopic (exact) mass is 307 g/mol. The number of carbonyl (C=O) groups is 2. The van der Waals surface area contributed by atoms with Crippen LogP contribution in [0.15, 0.2) is 24.3 Å². The first-order valence-electron chi connectivity index (χ1n) is 7.48. The maximum absolute atomic E-state index is 12.7. The molecular weight excluding hydrogens is 282 g/mol. The highest BCUT2D eigenvalue weighted by Gasteiger charge is 2.20. The van der Waals surface area contributed by atoms with E-state index in [4.69, 9.17) is 4.74 Å². The minimum absolute atomic E-state index is 0.123. The molecule has 1 aromatic carbocycles. The van der Waals surface area contributed by atoms with Crippen molar-refractivity contribution in [3.63, 3.8) is 0 Å². The molecule has 0 saturated heterocycles. The fraction of sp³-hybridized carbons (Fsp3) is 0.529. The fourth-order valence-electron chi connectivity index (χ4n) is 2.05. The van der Waals surface area contributed by atoms with Crippen LogP contribution < -0.4 is 4.74 Å². The summed E-state index contributed by atoms with van der Waals surface area (Å²) in [5.41, 5.74) is 0.513. The number of methoxy groups -OCH3 is 2. The Bertz CT molecular complexity index is 499. The third-order valence-electron chi connectivity index (χ3n) is 3.41. The highest BCUT2D eigenvalue weighted by atomic mass is 16.5. The summed E-state index contributed by atoms with van der Waals surface area (Å²) < 4.78 is 9.90.